The molecule has 0 aliphatic carbocycles. The van der Waals surface area contributed by atoms with E-state index in [0.717, 1.165) is 56.4 Å². The van der Waals surface area contributed by atoms with Gasteiger partial charge in [0.25, 0.3) is 0 Å². The number of benzene rings is 1. The largest absolute Gasteiger partial charge is 0.486 e. The van der Waals surface area contributed by atoms with Crippen molar-refractivity contribution in [1.82, 2.24) is 10.6 Å². The lowest BCUT2D eigenvalue weighted by Gasteiger charge is -2.20. The number of guanidine groups is 1. The maximum Gasteiger partial charge on any atom is 0.191 e. The molecular formula is C17H26ClN3O3. The van der Waals surface area contributed by atoms with Crippen LogP contribution in [0.25, 0.3) is 0 Å². The van der Waals surface area contributed by atoms with Crippen molar-refractivity contribution in [3.05, 3.63) is 22.7 Å². The Morgan fingerprint density at radius 1 is 1.29 bits per heavy atom. The van der Waals surface area contributed by atoms with Gasteiger partial charge >= 0.3 is 0 Å². The summed E-state index contributed by atoms with van der Waals surface area (Å²) in [5, 5.41) is 7.16. The summed E-state index contributed by atoms with van der Waals surface area (Å²) in [6, 6.07) is 3.92. The number of nitrogens with one attached hydrogen (secondary N) is 2. The summed E-state index contributed by atoms with van der Waals surface area (Å²) in [7, 11) is 1.70. The van der Waals surface area contributed by atoms with Crippen LogP contribution in [0.15, 0.2) is 17.1 Å². The SMILES string of the molecule is CCNC(=NCCCOC)NCCc1cc(Cl)c2c(c1)OCCO2. The Hall–Kier alpha value is -1.66. The number of hydrogen-bond acceptors (Lipinski definition) is 4. The summed E-state index contributed by atoms with van der Waals surface area (Å²) < 4.78 is 16.2. The third kappa shape index (κ3) is 5.76. The molecule has 7 heteroatoms. The van der Waals surface area contributed by atoms with Gasteiger partial charge in [0.15, 0.2) is 17.5 Å². The van der Waals surface area contributed by atoms with Crippen LogP contribution < -0.4 is 20.1 Å². The molecule has 6 nitrogen and oxygen atoms in total. The quantitative estimate of drug-likeness (QED) is 0.425. The van der Waals surface area contributed by atoms with E-state index in [2.05, 4.69) is 15.6 Å². The van der Waals surface area contributed by atoms with Gasteiger partial charge in [-0.2, -0.15) is 0 Å². The van der Waals surface area contributed by atoms with Crippen molar-refractivity contribution < 1.29 is 14.2 Å². The molecule has 0 saturated carbocycles. The average Bonchev–Trinajstić information content (AvgIpc) is 2.59. The molecule has 0 spiro atoms. The Labute approximate surface area is 148 Å². The van der Waals surface area contributed by atoms with Crippen molar-refractivity contribution in [2.24, 2.45) is 4.99 Å². The van der Waals surface area contributed by atoms with Gasteiger partial charge < -0.3 is 24.8 Å². The number of aliphatic imine (C=N–C) groups is 1. The maximum atomic E-state index is 6.26. The minimum Gasteiger partial charge on any atom is -0.486 e. The fourth-order valence-corrected chi connectivity index (χ4v) is 2.66. The predicted octanol–water partition coefficient (Wildman–Crippen LogP) is 2.25. The number of methoxy groups -OCH3 is 1. The molecule has 0 atom stereocenters. The molecule has 1 heterocycles. The highest BCUT2D eigenvalue weighted by Crippen LogP contribution is 2.38. The van der Waals surface area contributed by atoms with Gasteiger partial charge in [0.05, 0.1) is 5.02 Å². The third-order valence-electron chi connectivity index (χ3n) is 3.48. The molecule has 0 bridgehead atoms. The number of nitrogens with zero attached hydrogens (tertiary/aromatic N) is 1. The Morgan fingerprint density at radius 2 is 2.12 bits per heavy atom. The van der Waals surface area contributed by atoms with Gasteiger partial charge in [-0.1, -0.05) is 11.6 Å². The zero-order valence-corrected chi connectivity index (χ0v) is 15.1. The number of halogens is 1. The van der Waals surface area contributed by atoms with E-state index in [4.69, 9.17) is 25.8 Å². The summed E-state index contributed by atoms with van der Waals surface area (Å²) in [6.07, 6.45) is 1.73. The molecular weight excluding hydrogens is 330 g/mol. The van der Waals surface area contributed by atoms with E-state index >= 15 is 0 Å². The Kier molecular flexibility index (Phi) is 7.98. The average molecular weight is 356 g/mol. The summed E-state index contributed by atoms with van der Waals surface area (Å²) in [4.78, 5) is 4.51. The summed E-state index contributed by atoms with van der Waals surface area (Å²) in [5.74, 6) is 2.19. The lowest BCUT2D eigenvalue weighted by Crippen LogP contribution is -2.38. The van der Waals surface area contributed by atoms with Crippen LogP contribution in [0, 0.1) is 0 Å². The Balaban J connectivity index is 1.86. The van der Waals surface area contributed by atoms with Crippen molar-refractivity contribution in [1.29, 1.82) is 0 Å². The van der Waals surface area contributed by atoms with Crippen molar-refractivity contribution >= 4 is 17.6 Å². The Bertz CT molecular complexity index is 552. The fraction of sp³-hybridized carbons (Fsp3) is 0.588. The molecule has 0 aromatic heterocycles. The van der Waals surface area contributed by atoms with Crippen molar-refractivity contribution in [3.8, 4) is 11.5 Å². The standard InChI is InChI=1S/C17H26ClN3O3/c1-3-19-17(20-6-4-8-22-2)21-7-5-13-11-14(18)16-15(12-13)23-9-10-24-16/h11-12H,3-10H2,1-2H3,(H2,19,20,21). The van der Waals surface area contributed by atoms with Gasteiger partial charge in [0.2, 0.25) is 0 Å². The van der Waals surface area contributed by atoms with E-state index in [1.807, 2.05) is 19.1 Å². The smallest absolute Gasteiger partial charge is 0.191 e. The van der Waals surface area contributed by atoms with Gasteiger partial charge in [-0.25, -0.2) is 0 Å². The predicted molar refractivity (Wildman–Crippen MR) is 96.6 cm³/mol. The number of hydrogen-bond donors (Lipinski definition) is 2. The van der Waals surface area contributed by atoms with Crippen LogP contribution in [-0.2, 0) is 11.2 Å². The highest BCUT2D eigenvalue weighted by Gasteiger charge is 2.16. The first kappa shape index (κ1) is 18.7. The number of fused-ring (bicyclic) bond motifs is 1. The molecule has 24 heavy (non-hydrogen) atoms. The topological polar surface area (TPSA) is 64.1 Å². The normalized spacial score (nSPS) is 13.7. The van der Waals surface area contributed by atoms with Crippen molar-refractivity contribution in [3.63, 3.8) is 0 Å². The van der Waals surface area contributed by atoms with E-state index in [1.54, 1.807) is 7.11 Å². The molecule has 1 aliphatic rings. The van der Waals surface area contributed by atoms with Crippen LogP contribution in [0.3, 0.4) is 0 Å². The van der Waals surface area contributed by atoms with Crippen LogP contribution in [0.4, 0.5) is 0 Å². The Morgan fingerprint density at radius 3 is 2.92 bits per heavy atom. The minimum absolute atomic E-state index is 0.541. The van der Waals surface area contributed by atoms with E-state index in [0.29, 0.717) is 24.0 Å². The summed E-state index contributed by atoms with van der Waals surface area (Å²) in [5.41, 5.74) is 1.10. The molecule has 2 rings (SSSR count). The van der Waals surface area contributed by atoms with Crippen molar-refractivity contribution in [2.75, 3.05) is 46.6 Å². The maximum absolute atomic E-state index is 6.26. The van der Waals surface area contributed by atoms with Crippen LogP contribution in [0.2, 0.25) is 5.02 Å². The van der Waals surface area contributed by atoms with Crippen LogP contribution >= 0.6 is 11.6 Å². The van der Waals surface area contributed by atoms with Gasteiger partial charge in [0, 0.05) is 33.4 Å². The molecule has 2 N–H and O–H groups in total. The highest BCUT2D eigenvalue weighted by molar-refractivity contribution is 6.32. The zero-order chi connectivity index (χ0) is 17.2. The second-order valence-corrected chi connectivity index (χ2v) is 5.79. The van der Waals surface area contributed by atoms with Gasteiger partial charge in [-0.3, -0.25) is 4.99 Å². The lowest BCUT2D eigenvalue weighted by molar-refractivity contribution is 0.171. The summed E-state index contributed by atoms with van der Waals surface area (Å²) in [6.45, 7) is 6.19. The van der Waals surface area contributed by atoms with E-state index in [1.165, 1.54) is 0 Å². The molecule has 0 radical (unpaired) electrons. The second-order valence-electron chi connectivity index (χ2n) is 5.39. The zero-order valence-electron chi connectivity index (χ0n) is 14.4. The second kappa shape index (κ2) is 10.3. The molecule has 0 unspecified atom stereocenters. The molecule has 0 amide bonds. The van der Waals surface area contributed by atoms with Gasteiger partial charge in [-0.05, 0) is 37.5 Å². The van der Waals surface area contributed by atoms with E-state index < -0.39 is 0 Å². The monoisotopic (exact) mass is 355 g/mol. The third-order valence-corrected chi connectivity index (χ3v) is 3.76. The first-order valence-electron chi connectivity index (χ1n) is 8.33. The van der Waals surface area contributed by atoms with E-state index in [-0.39, 0.29) is 0 Å². The molecule has 1 aliphatic heterocycles. The van der Waals surface area contributed by atoms with Gasteiger partial charge in [-0.15, -0.1) is 0 Å². The highest BCUT2D eigenvalue weighted by atomic mass is 35.5. The minimum atomic E-state index is 0.541. The van der Waals surface area contributed by atoms with Crippen LogP contribution in [-0.4, -0.2) is 52.5 Å². The van der Waals surface area contributed by atoms with Gasteiger partial charge in [0.1, 0.15) is 13.2 Å². The van der Waals surface area contributed by atoms with Crippen LogP contribution in [0.1, 0.15) is 18.9 Å². The molecule has 0 fully saturated rings. The lowest BCUT2D eigenvalue weighted by atomic mass is 10.1. The number of ether oxygens (including phenoxy) is 3. The molecule has 1 aromatic rings. The van der Waals surface area contributed by atoms with Crippen molar-refractivity contribution in [2.45, 2.75) is 19.8 Å². The number of rotatable bonds is 8. The first-order chi connectivity index (χ1) is 11.7. The molecule has 134 valence electrons. The van der Waals surface area contributed by atoms with E-state index in [9.17, 15) is 0 Å². The van der Waals surface area contributed by atoms with Crippen LogP contribution in [0.5, 0.6) is 11.5 Å². The fourth-order valence-electron chi connectivity index (χ4n) is 2.38. The first-order valence-corrected chi connectivity index (χ1v) is 8.71. The summed E-state index contributed by atoms with van der Waals surface area (Å²) >= 11 is 6.26. The molecule has 0 saturated heterocycles. The molecule has 1 aromatic carbocycles.